The summed E-state index contributed by atoms with van der Waals surface area (Å²) in [6.07, 6.45) is 3.78. The molecule has 180 valence electrons. The van der Waals surface area contributed by atoms with E-state index in [1.807, 2.05) is 24.3 Å². The van der Waals surface area contributed by atoms with Gasteiger partial charge in [-0.05, 0) is 53.4 Å². The second-order valence-electron chi connectivity index (χ2n) is 9.91. The Morgan fingerprint density at radius 1 is 1.19 bits per heavy atom. The van der Waals surface area contributed by atoms with Crippen molar-refractivity contribution in [3.05, 3.63) is 83.7 Å². The molecular formula is C28H21FN2O5. The van der Waals surface area contributed by atoms with Gasteiger partial charge in [-0.2, -0.15) is 5.26 Å². The maximum Gasteiger partial charge on any atom is 0.168 e. The molecule has 2 saturated heterocycles. The van der Waals surface area contributed by atoms with Crippen molar-refractivity contribution in [1.82, 2.24) is 4.98 Å². The van der Waals surface area contributed by atoms with Crippen molar-refractivity contribution in [3.8, 4) is 22.9 Å². The first-order valence-electron chi connectivity index (χ1n) is 11.8. The number of furan rings is 1. The van der Waals surface area contributed by atoms with E-state index in [2.05, 4.69) is 11.1 Å². The van der Waals surface area contributed by atoms with Crippen molar-refractivity contribution in [2.45, 2.75) is 37.4 Å². The van der Waals surface area contributed by atoms with Crippen LogP contribution in [-0.2, 0) is 21.7 Å². The number of fused-ring (bicyclic) bond motifs is 1. The van der Waals surface area contributed by atoms with E-state index in [1.54, 1.807) is 24.7 Å². The molecule has 2 aromatic heterocycles. The average Bonchev–Trinajstić information content (AvgIpc) is 3.51. The molecule has 1 saturated carbocycles. The standard InChI is InChI=1S/C28H21FN2O5/c29-19-6-18(28(32)10-25-27(14-28)15-35-26(27)36-25)7-21(8-19)34-12-16-1-2-22-23(17-3-4-33-13-17)9-20(11-30)31-24(22)5-16/h1-9,13,25-26,32H,10,12,14-15H2. The van der Waals surface area contributed by atoms with E-state index in [1.165, 1.54) is 12.1 Å². The summed E-state index contributed by atoms with van der Waals surface area (Å²) in [5.74, 6) is -0.144. The van der Waals surface area contributed by atoms with Crippen LogP contribution in [-0.4, -0.2) is 29.1 Å². The minimum atomic E-state index is -1.19. The number of nitriles is 1. The molecule has 4 unspecified atom stereocenters. The van der Waals surface area contributed by atoms with Crippen molar-refractivity contribution in [2.75, 3.05) is 6.61 Å². The first-order valence-corrected chi connectivity index (χ1v) is 11.8. The lowest BCUT2D eigenvalue weighted by atomic mass is 9.74. The van der Waals surface area contributed by atoms with Gasteiger partial charge in [-0.25, -0.2) is 9.37 Å². The van der Waals surface area contributed by atoms with Gasteiger partial charge in [0, 0.05) is 23.4 Å². The van der Waals surface area contributed by atoms with E-state index in [-0.39, 0.29) is 24.4 Å². The van der Waals surface area contributed by atoms with Gasteiger partial charge in [0.2, 0.25) is 0 Å². The summed E-state index contributed by atoms with van der Waals surface area (Å²) < 4.78 is 36.8. The average molecular weight is 484 g/mol. The Morgan fingerprint density at radius 2 is 2.11 bits per heavy atom. The van der Waals surface area contributed by atoms with E-state index in [4.69, 9.17) is 18.6 Å². The lowest BCUT2D eigenvalue weighted by Crippen LogP contribution is -2.68. The fraction of sp³-hybridized carbons (Fsp3) is 0.286. The van der Waals surface area contributed by atoms with E-state index in [9.17, 15) is 14.8 Å². The first kappa shape index (κ1) is 21.5. The molecule has 7 rings (SSSR count). The van der Waals surface area contributed by atoms with Gasteiger partial charge < -0.3 is 23.7 Å². The summed E-state index contributed by atoms with van der Waals surface area (Å²) in [5, 5.41) is 21.7. The van der Waals surface area contributed by atoms with Gasteiger partial charge in [-0.3, -0.25) is 0 Å². The molecule has 0 bridgehead atoms. The molecule has 3 fully saturated rings. The summed E-state index contributed by atoms with van der Waals surface area (Å²) >= 11 is 0. The predicted molar refractivity (Wildman–Crippen MR) is 125 cm³/mol. The summed E-state index contributed by atoms with van der Waals surface area (Å²) in [6, 6.07) is 15.7. The minimum Gasteiger partial charge on any atom is -0.489 e. The van der Waals surface area contributed by atoms with E-state index in [0.29, 0.717) is 42.0 Å². The van der Waals surface area contributed by atoms with Crippen LogP contribution < -0.4 is 4.74 Å². The number of pyridine rings is 1. The van der Waals surface area contributed by atoms with Gasteiger partial charge in [0.1, 0.15) is 29.9 Å². The Bertz CT molecular complexity index is 1550. The predicted octanol–water partition coefficient (Wildman–Crippen LogP) is 4.81. The molecule has 2 aliphatic heterocycles. The largest absolute Gasteiger partial charge is 0.489 e. The number of nitrogens with zero attached hydrogens (tertiary/aromatic N) is 2. The number of halogens is 1. The molecule has 4 heterocycles. The second kappa shape index (κ2) is 7.61. The lowest BCUT2D eigenvalue weighted by Gasteiger charge is -2.58. The number of aromatic nitrogens is 1. The van der Waals surface area contributed by atoms with Crippen LogP contribution in [0.5, 0.6) is 5.75 Å². The maximum absolute atomic E-state index is 14.5. The Hall–Kier alpha value is -3.77. The molecule has 8 heteroatoms. The minimum absolute atomic E-state index is 0.0655. The smallest absolute Gasteiger partial charge is 0.168 e. The van der Waals surface area contributed by atoms with Crippen LogP contribution in [0, 0.1) is 22.6 Å². The molecule has 2 aromatic carbocycles. The summed E-state index contributed by atoms with van der Waals surface area (Å²) in [6.45, 7) is 0.734. The number of aliphatic hydroxyl groups is 1. The molecule has 1 N–H and O–H groups in total. The Balaban J connectivity index is 1.15. The third-order valence-electron chi connectivity index (χ3n) is 7.68. The zero-order valence-electron chi connectivity index (χ0n) is 19.1. The molecule has 3 aliphatic rings. The summed E-state index contributed by atoms with van der Waals surface area (Å²) in [4.78, 5) is 4.45. The van der Waals surface area contributed by atoms with Crippen molar-refractivity contribution >= 4 is 10.9 Å². The van der Waals surface area contributed by atoms with Gasteiger partial charge in [0.25, 0.3) is 0 Å². The summed E-state index contributed by atoms with van der Waals surface area (Å²) in [5.41, 5.74) is 2.62. The fourth-order valence-corrected chi connectivity index (χ4v) is 5.80. The Labute approximate surface area is 205 Å². The van der Waals surface area contributed by atoms with Crippen molar-refractivity contribution < 1.29 is 28.1 Å². The van der Waals surface area contributed by atoms with Crippen LogP contribution in [0.15, 0.2) is 65.5 Å². The van der Waals surface area contributed by atoms with Crippen LogP contribution in [0.3, 0.4) is 0 Å². The third kappa shape index (κ3) is 3.17. The van der Waals surface area contributed by atoms with Gasteiger partial charge in [0.15, 0.2) is 6.29 Å². The highest BCUT2D eigenvalue weighted by Crippen LogP contribution is 2.64. The van der Waals surface area contributed by atoms with E-state index in [0.717, 1.165) is 22.1 Å². The molecule has 36 heavy (non-hydrogen) atoms. The quantitative estimate of drug-likeness (QED) is 0.434. The van der Waals surface area contributed by atoms with Gasteiger partial charge >= 0.3 is 0 Å². The molecular weight excluding hydrogens is 463 g/mol. The zero-order valence-corrected chi connectivity index (χ0v) is 19.1. The molecule has 1 aliphatic carbocycles. The third-order valence-corrected chi connectivity index (χ3v) is 7.68. The number of hydrogen-bond donors (Lipinski definition) is 1. The molecule has 4 atom stereocenters. The number of rotatable bonds is 5. The van der Waals surface area contributed by atoms with Crippen LogP contribution in [0.2, 0.25) is 0 Å². The van der Waals surface area contributed by atoms with Gasteiger partial charge in [-0.15, -0.1) is 0 Å². The molecule has 4 aromatic rings. The monoisotopic (exact) mass is 484 g/mol. The van der Waals surface area contributed by atoms with Crippen molar-refractivity contribution in [1.29, 1.82) is 5.26 Å². The summed E-state index contributed by atoms with van der Waals surface area (Å²) in [7, 11) is 0. The number of ether oxygens (including phenoxy) is 3. The highest BCUT2D eigenvalue weighted by Gasteiger charge is 2.72. The van der Waals surface area contributed by atoms with Crippen LogP contribution >= 0.6 is 0 Å². The zero-order chi connectivity index (χ0) is 24.5. The number of hydrogen-bond acceptors (Lipinski definition) is 7. The van der Waals surface area contributed by atoms with Gasteiger partial charge in [0.05, 0.1) is 41.8 Å². The normalized spacial score (nSPS) is 28.0. The maximum atomic E-state index is 14.5. The van der Waals surface area contributed by atoms with Crippen molar-refractivity contribution in [2.24, 2.45) is 5.41 Å². The Kier molecular flexibility index (Phi) is 4.55. The van der Waals surface area contributed by atoms with Crippen LogP contribution in [0.25, 0.3) is 22.0 Å². The first-order chi connectivity index (χ1) is 17.5. The topological polar surface area (TPSA) is 97.7 Å². The van der Waals surface area contributed by atoms with E-state index >= 15 is 0 Å². The molecule has 1 spiro atoms. The molecule has 0 amide bonds. The molecule has 7 nitrogen and oxygen atoms in total. The second-order valence-corrected chi connectivity index (χ2v) is 9.91. The fourth-order valence-electron chi connectivity index (χ4n) is 5.80. The van der Waals surface area contributed by atoms with Crippen LogP contribution in [0.1, 0.15) is 29.7 Å². The van der Waals surface area contributed by atoms with Crippen LogP contribution in [0.4, 0.5) is 4.39 Å². The van der Waals surface area contributed by atoms with E-state index < -0.39 is 11.4 Å². The van der Waals surface area contributed by atoms with Crippen molar-refractivity contribution in [3.63, 3.8) is 0 Å². The number of benzene rings is 2. The Morgan fingerprint density at radius 3 is 2.83 bits per heavy atom. The van der Waals surface area contributed by atoms with Gasteiger partial charge in [-0.1, -0.05) is 12.1 Å². The lowest BCUT2D eigenvalue weighted by molar-refractivity contribution is -0.431. The SMILES string of the molecule is N#Cc1cc(-c2ccoc2)c2ccc(COc3cc(F)cc(C4(O)CC5OC6OCC56C4)c3)cc2n1. The highest BCUT2D eigenvalue weighted by molar-refractivity contribution is 5.95. The molecule has 0 radical (unpaired) electrons. The highest BCUT2D eigenvalue weighted by atomic mass is 19.1.